The SMILES string of the molecule is c1ccc(-c2ccc(-c3ccc(-c4c5ccccc5c(-c5ccc6oc7ccc8ccccc8c7c6c5)c5ccccc45)cc3)cc2)cc1. The van der Waals surface area contributed by atoms with Gasteiger partial charge in [0.05, 0.1) is 0 Å². The summed E-state index contributed by atoms with van der Waals surface area (Å²) < 4.78 is 6.37. The van der Waals surface area contributed by atoms with Crippen LogP contribution in [0.15, 0.2) is 186 Å². The number of fused-ring (bicyclic) bond motifs is 7. The van der Waals surface area contributed by atoms with Gasteiger partial charge in [-0.25, -0.2) is 0 Å². The summed E-state index contributed by atoms with van der Waals surface area (Å²) in [5.74, 6) is 0. The maximum absolute atomic E-state index is 6.37. The van der Waals surface area contributed by atoms with Crippen molar-refractivity contribution in [2.24, 2.45) is 0 Å². The Bertz CT molecular complexity index is 2780. The van der Waals surface area contributed by atoms with Crippen LogP contribution in [0.5, 0.6) is 0 Å². The highest BCUT2D eigenvalue weighted by atomic mass is 16.3. The molecule has 9 aromatic carbocycles. The third-order valence-corrected chi connectivity index (χ3v) is 10.1. The molecule has 0 aliphatic carbocycles. The lowest BCUT2D eigenvalue weighted by Gasteiger charge is -2.18. The molecule has 0 aliphatic rings. The lowest BCUT2D eigenvalue weighted by atomic mass is 9.85. The van der Waals surface area contributed by atoms with Crippen molar-refractivity contribution in [3.05, 3.63) is 182 Å². The Labute approximate surface area is 284 Å². The molecule has 1 heteroatoms. The molecule has 0 bridgehead atoms. The molecule has 1 aromatic heterocycles. The average molecular weight is 623 g/mol. The minimum absolute atomic E-state index is 0.912. The van der Waals surface area contributed by atoms with E-state index in [1.54, 1.807) is 0 Å². The van der Waals surface area contributed by atoms with E-state index < -0.39 is 0 Å². The van der Waals surface area contributed by atoms with E-state index in [-0.39, 0.29) is 0 Å². The first-order chi connectivity index (χ1) is 24.3. The predicted molar refractivity (Wildman–Crippen MR) is 208 cm³/mol. The zero-order chi connectivity index (χ0) is 32.3. The van der Waals surface area contributed by atoms with Crippen LogP contribution in [0.2, 0.25) is 0 Å². The second-order valence-corrected chi connectivity index (χ2v) is 12.8. The molecule has 49 heavy (non-hydrogen) atoms. The molecule has 0 N–H and O–H groups in total. The first-order valence-corrected chi connectivity index (χ1v) is 16.8. The number of rotatable bonds is 4. The van der Waals surface area contributed by atoms with Crippen molar-refractivity contribution < 1.29 is 4.42 Å². The molecule has 0 amide bonds. The van der Waals surface area contributed by atoms with Crippen LogP contribution in [0.1, 0.15) is 0 Å². The van der Waals surface area contributed by atoms with Crippen molar-refractivity contribution in [3.63, 3.8) is 0 Å². The number of furan rings is 1. The summed E-state index contributed by atoms with van der Waals surface area (Å²) in [5.41, 5.74) is 11.6. The van der Waals surface area contributed by atoms with Gasteiger partial charge in [0.1, 0.15) is 11.2 Å². The third kappa shape index (κ3) is 4.47. The molecule has 0 saturated heterocycles. The fraction of sp³-hybridized carbons (Fsp3) is 0. The largest absolute Gasteiger partial charge is 0.456 e. The smallest absolute Gasteiger partial charge is 0.136 e. The van der Waals surface area contributed by atoms with Crippen molar-refractivity contribution in [1.82, 2.24) is 0 Å². The fourth-order valence-electron chi connectivity index (χ4n) is 7.77. The zero-order valence-corrected chi connectivity index (χ0v) is 26.7. The molecule has 1 heterocycles. The summed E-state index contributed by atoms with van der Waals surface area (Å²) in [6, 6.07) is 65.7. The van der Waals surface area contributed by atoms with E-state index in [0.29, 0.717) is 0 Å². The number of benzene rings is 9. The monoisotopic (exact) mass is 622 g/mol. The Morgan fingerprint density at radius 2 is 0.694 bits per heavy atom. The summed E-state index contributed by atoms with van der Waals surface area (Å²) in [4.78, 5) is 0. The van der Waals surface area contributed by atoms with Gasteiger partial charge < -0.3 is 4.42 Å². The van der Waals surface area contributed by atoms with Crippen molar-refractivity contribution >= 4 is 54.3 Å². The number of hydrogen-bond donors (Lipinski definition) is 0. The molecule has 228 valence electrons. The van der Waals surface area contributed by atoms with Crippen molar-refractivity contribution in [1.29, 1.82) is 0 Å². The summed E-state index contributed by atoms with van der Waals surface area (Å²) in [5, 5.41) is 9.75. The van der Waals surface area contributed by atoms with Gasteiger partial charge >= 0.3 is 0 Å². The van der Waals surface area contributed by atoms with E-state index in [9.17, 15) is 0 Å². The van der Waals surface area contributed by atoms with Gasteiger partial charge in [-0.05, 0) is 95.0 Å². The summed E-state index contributed by atoms with van der Waals surface area (Å²) >= 11 is 0. The molecule has 1 nitrogen and oxygen atoms in total. The van der Waals surface area contributed by atoms with E-state index in [4.69, 9.17) is 4.42 Å². The lowest BCUT2D eigenvalue weighted by Crippen LogP contribution is -1.91. The molecule has 10 aromatic rings. The highest BCUT2D eigenvalue weighted by Crippen LogP contribution is 2.45. The van der Waals surface area contributed by atoms with E-state index in [1.807, 2.05) is 0 Å². The average Bonchev–Trinajstić information content (AvgIpc) is 3.56. The van der Waals surface area contributed by atoms with Gasteiger partial charge in [0.2, 0.25) is 0 Å². The minimum Gasteiger partial charge on any atom is -0.456 e. The van der Waals surface area contributed by atoms with E-state index in [1.165, 1.54) is 82.2 Å². The highest BCUT2D eigenvalue weighted by Gasteiger charge is 2.18. The summed E-state index contributed by atoms with van der Waals surface area (Å²) in [6.45, 7) is 0. The Morgan fingerprint density at radius 1 is 0.265 bits per heavy atom. The molecular formula is C48H30O. The molecule has 0 aliphatic heterocycles. The fourth-order valence-corrected chi connectivity index (χ4v) is 7.77. The van der Waals surface area contributed by atoms with Gasteiger partial charge in [-0.1, -0.05) is 164 Å². The first kappa shape index (κ1) is 27.7. The third-order valence-electron chi connectivity index (χ3n) is 10.1. The van der Waals surface area contributed by atoms with Gasteiger partial charge in [0.25, 0.3) is 0 Å². The zero-order valence-electron chi connectivity index (χ0n) is 26.7. The standard InChI is InChI=1S/C48H30O/c1-2-10-31(11-3-1)32-18-20-33(21-19-32)34-22-24-36(25-23-34)46-39-14-6-8-16-41(39)47(42-17-9-7-15-40(42)46)37-27-28-44-43(30-37)48-38-13-5-4-12-35(38)26-29-45(48)49-44/h1-30H. The van der Waals surface area contributed by atoms with Gasteiger partial charge in [-0.3, -0.25) is 0 Å². The summed E-state index contributed by atoms with van der Waals surface area (Å²) in [6.07, 6.45) is 0. The molecule has 0 radical (unpaired) electrons. The van der Waals surface area contributed by atoms with Crippen LogP contribution in [0, 0.1) is 0 Å². The Kier molecular flexibility index (Phi) is 6.25. The maximum Gasteiger partial charge on any atom is 0.136 e. The second kappa shape index (κ2) is 11.1. The Hall–Kier alpha value is -6.44. The quantitative estimate of drug-likeness (QED) is 0.178. The first-order valence-electron chi connectivity index (χ1n) is 16.8. The lowest BCUT2D eigenvalue weighted by molar-refractivity contribution is 0.669. The van der Waals surface area contributed by atoms with E-state index in [2.05, 4.69) is 182 Å². The topological polar surface area (TPSA) is 13.1 Å². The second-order valence-electron chi connectivity index (χ2n) is 12.8. The maximum atomic E-state index is 6.37. The van der Waals surface area contributed by atoms with E-state index >= 15 is 0 Å². The van der Waals surface area contributed by atoms with Gasteiger partial charge in [0, 0.05) is 10.8 Å². The van der Waals surface area contributed by atoms with Gasteiger partial charge in [-0.2, -0.15) is 0 Å². The van der Waals surface area contributed by atoms with Crippen LogP contribution >= 0.6 is 0 Å². The predicted octanol–water partition coefficient (Wildman–Crippen LogP) is 13.7. The van der Waals surface area contributed by atoms with E-state index in [0.717, 1.165) is 16.6 Å². The van der Waals surface area contributed by atoms with Crippen LogP contribution in [-0.2, 0) is 0 Å². The van der Waals surface area contributed by atoms with Gasteiger partial charge in [-0.15, -0.1) is 0 Å². The van der Waals surface area contributed by atoms with Crippen molar-refractivity contribution in [3.8, 4) is 44.5 Å². The molecule has 0 atom stereocenters. The molecule has 0 fully saturated rings. The van der Waals surface area contributed by atoms with Crippen LogP contribution in [0.25, 0.3) is 98.8 Å². The molecule has 0 unspecified atom stereocenters. The number of hydrogen-bond acceptors (Lipinski definition) is 1. The van der Waals surface area contributed by atoms with Crippen LogP contribution in [0.3, 0.4) is 0 Å². The molecular weight excluding hydrogens is 593 g/mol. The van der Waals surface area contributed by atoms with Crippen LogP contribution in [-0.4, -0.2) is 0 Å². The summed E-state index contributed by atoms with van der Waals surface area (Å²) in [7, 11) is 0. The van der Waals surface area contributed by atoms with Gasteiger partial charge in [0.15, 0.2) is 0 Å². The molecule has 10 rings (SSSR count). The van der Waals surface area contributed by atoms with Crippen LogP contribution in [0.4, 0.5) is 0 Å². The Morgan fingerprint density at radius 3 is 1.29 bits per heavy atom. The normalized spacial score (nSPS) is 11.7. The highest BCUT2D eigenvalue weighted by molar-refractivity contribution is 6.23. The minimum atomic E-state index is 0.912. The van der Waals surface area contributed by atoms with Crippen molar-refractivity contribution in [2.45, 2.75) is 0 Å². The Balaban J connectivity index is 1.13. The molecule has 0 saturated carbocycles. The molecule has 0 spiro atoms. The van der Waals surface area contributed by atoms with Crippen LogP contribution < -0.4 is 0 Å². The van der Waals surface area contributed by atoms with Crippen molar-refractivity contribution in [2.75, 3.05) is 0 Å².